The van der Waals surface area contributed by atoms with Gasteiger partial charge in [0, 0.05) is 17.1 Å². The minimum Gasteiger partial charge on any atom is -0.236 e. The van der Waals surface area contributed by atoms with E-state index in [1.807, 2.05) is 54.7 Å². The number of nitriles is 1. The van der Waals surface area contributed by atoms with Crippen molar-refractivity contribution in [1.29, 1.82) is 5.26 Å². The zero-order valence-electron chi connectivity index (χ0n) is 20.5. The highest BCUT2D eigenvalue weighted by atomic mass is 14.9. The Hall–Kier alpha value is -5.33. The SMILES string of the molecule is N#Cc1ccc(-c2cc3ccccc3cc2-c2ccc3cccc(-c4ncc5ccccc5n4)c3c2)cc1. The monoisotopic (exact) mass is 483 g/mol. The molecule has 0 aliphatic heterocycles. The van der Waals surface area contributed by atoms with E-state index in [0.717, 1.165) is 55.3 Å². The molecule has 3 nitrogen and oxygen atoms in total. The molecule has 0 aliphatic rings. The smallest absolute Gasteiger partial charge is 0.160 e. The van der Waals surface area contributed by atoms with Crippen LogP contribution in [-0.4, -0.2) is 9.97 Å². The van der Waals surface area contributed by atoms with E-state index < -0.39 is 0 Å². The zero-order valence-corrected chi connectivity index (χ0v) is 20.5. The molecule has 0 N–H and O–H groups in total. The Morgan fingerprint density at radius 2 is 1.18 bits per heavy atom. The van der Waals surface area contributed by atoms with E-state index >= 15 is 0 Å². The van der Waals surface area contributed by atoms with Gasteiger partial charge in [-0.2, -0.15) is 5.26 Å². The quantitative estimate of drug-likeness (QED) is 0.252. The molecule has 0 unspecified atom stereocenters. The minimum absolute atomic E-state index is 0.654. The van der Waals surface area contributed by atoms with Crippen LogP contribution in [0, 0.1) is 11.3 Å². The maximum absolute atomic E-state index is 9.29. The summed E-state index contributed by atoms with van der Waals surface area (Å²) in [7, 11) is 0. The van der Waals surface area contributed by atoms with E-state index in [-0.39, 0.29) is 0 Å². The van der Waals surface area contributed by atoms with E-state index in [4.69, 9.17) is 9.97 Å². The highest BCUT2D eigenvalue weighted by molar-refractivity contribution is 6.02. The summed E-state index contributed by atoms with van der Waals surface area (Å²) in [6.45, 7) is 0. The molecule has 0 saturated carbocycles. The Bertz CT molecular complexity index is 2030. The lowest BCUT2D eigenvalue weighted by atomic mass is 9.89. The molecule has 176 valence electrons. The van der Waals surface area contributed by atoms with E-state index in [9.17, 15) is 5.26 Å². The Balaban J connectivity index is 1.45. The summed E-state index contributed by atoms with van der Waals surface area (Å²) >= 11 is 0. The van der Waals surface area contributed by atoms with Crippen LogP contribution < -0.4 is 0 Å². The first-order valence-electron chi connectivity index (χ1n) is 12.6. The highest BCUT2D eigenvalue weighted by Crippen LogP contribution is 2.38. The topological polar surface area (TPSA) is 49.6 Å². The molecule has 6 aromatic carbocycles. The zero-order chi connectivity index (χ0) is 25.5. The lowest BCUT2D eigenvalue weighted by Crippen LogP contribution is -1.92. The van der Waals surface area contributed by atoms with Crippen LogP contribution in [0.25, 0.3) is 66.1 Å². The molecule has 7 aromatic rings. The highest BCUT2D eigenvalue weighted by Gasteiger charge is 2.13. The average molecular weight is 484 g/mol. The summed E-state index contributed by atoms with van der Waals surface area (Å²) < 4.78 is 0. The van der Waals surface area contributed by atoms with Gasteiger partial charge in [-0.1, -0.05) is 84.9 Å². The minimum atomic E-state index is 0.654. The fraction of sp³-hybridized carbons (Fsp3) is 0. The number of rotatable bonds is 3. The van der Waals surface area contributed by atoms with Gasteiger partial charge in [0.2, 0.25) is 0 Å². The van der Waals surface area contributed by atoms with E-state index in [1.54, 1.807) is 0 Å². The van der Waals surface area contributed by atoms with Crippen LogP contribution in [0.2, 0.25) is 0 Å². The maximum Gasteiger partial charge on any atom is 0.160 e. The number of nitrogens with zero attached hydrogens (tertiary/aromatic N) is 3. The molecule has 38 heavy (non-hydrogen) atoms. The van der Waals surface area contributed by atoms with Crippen LogP contribution in [0.3, 0.4) is 0 Å². The van der Waals surface area contributed by atoms with Gasteiger partial charge in [0.25, 0.3) is 0 Å². The molecule has 1 heterocycles. The van der Waals surface area contributed by atoms with Crippen LogP contribution in [0.4, 0.5) is 0 Å². The van der Waals surface area contributed by atoms with Gasteiger partial charge in [-0.3, -0.25) is 0 Å². The van der Waals surface area contributed by atoms with Gasteiger partial charge in [-0.25, -0.2) is 9.97 Å². The van der Waals surface area contributed by atoms with E-state index in [1.165, 1.54) is 10.8 Å². The molecule has 0 fully saturated rings. The van der Waals surface area contributed by atoms with Crippen molar-refractivity contribution in [3.63, 3.8) is 0 Å². The molecular weight excluding hydrogens is 462 g/mol. The summed E-state index contributed by atoms with van der Waals surface area (Å²) in [6.07, 6.45) is 1.90. The third-order valence-electron chi connectivity index (χ3n) is 7.13. The van der Waals surface area contributed by atoms with E-state index in [0.29, 0.717) is 5.56 Å². The summed E-state index contributed by atoms with van der Waals surface area (Å²) in [5, 5.41) is 14.9. The van der Waals surface area contributed by atoms with Gasteiger partial charge in [-0.05, 0) is 80.2 Å². The van der Waals surface area contributed by atoms with Crippen LogP contribution >= 0.6 is 0 Å². The van der Waals surface area contributed by atoms with Gasteiger partial charge >= 0.3 is 0 Å². The fourth-order valence-corrected chi connectivity index (χ4v) is 5.18. The Kier molecular flexibility index (Phi) is 5.17. The third kappa shape index (κ3) is 3.77. The summed E-state index contributed by atoms with van der Waals surface area (Å²) in [5.41, 5.74) is 7.07. The van der Waals surface area contributed by atoms with Crippen molar-refractivity contribution < 1.29 is 0 Å². The second kappa shape index (κ2) is 8.96. The predicted molar refractivity (Wildman–Crippen MR) is 156 cm³/mol. The fourth-order valence-electron chi connectivity index (χ4n) is 5.18. The molecule has 0 atom stereocenters. The molecule has 1 aromatic heterocycles. The number of fused-ring (bicyclic) bond motifs is 3. The molecule has 7 rings (SSSR count). The molecule has 0 amide bonds. The molecule has 0 bridgehead atoms. The van der Waals surface area contributed by atoms with Gasteiger partial charge in [0.15, 0.2) is 5.82 Å². The van der Waals surface area contributed by atoms with Crippen molar-refractivity contribution in [1.82, 2.24) is 9.97 Å². The summed E-state index contributed by atoms with van der Waals surface area (Å²) in [5.74, 6) is 0.720. The van der Waals surface area contributed by atoms with Crippen LogP contribution in [0.5, 0.6) is 0 Å². The first-order chi connectivity index (χ1) is 18.8. The lowest BCUT2D eigenvalue weighted by molar-refractivity contribution is 1.23. The molecule has 0 spiro atoms. The van der Waals surface area contributed by atoms with Crippen molar-refractivity contribution in [3.05, 3.63) is 133 Å². The normalized spacial score (nSPS) is 11.1. The number of aromatic nitrogens is 2. The van der Waals surface area contributed by atoms with Gasteiger partial charge in [0.1, 0.15) is 0 Å². The van der Waals surface area contributed by atoms with Gasteiger partial charge < -0.3 is 0 Å². The van der Waals surface area contributed by atoms with Crippen LogP contribution in [-0.2, 0) is 0 Å². The number of hydrogen-bond donors (Lipinski definition) is 0. The van der Waals surface area contributed by atoms with Crippen molar-refractivity contribution in [3.8, 4) is 39.7 Å². The van der Waals surface area contributed by atoms with E-state index in [2.05, 4.69) is 78.9 Å². The molecule has 0 saturated heterocycles. The first kappa shape index (κ1) is 21.9. The molecule has 0 radical (unpaired) electrons. The molecular formula is C35H21N3. The Morgan fingerprint density at radius 1 is 0.526 bits per heavy atom. The second-order valence-electron chi connectivity index (χ2n) is 9.43. The lowest BCUT2D eigenvalue weighted by Gasteiger charge is -2.14. The van der Waals surface area contributed by atoms with Crippen molar-refractivity contribution in [2.24, 2.45) is 0 Å². The van der Waals surface area contributed by atoms with Crippen molar-refractivity contribution >= 4 is 32.4 Å². The summed E-state index contributed by atoms with van der Waals surface area (Å²) in [6, 6.07) is 43.9. The first-order valence-corrected chi connectivity index (χ1v) is 12.6. The van der Waals surface area contributed by atoms with Crippen molar-refractivity contribution in [2.75, 3.05) is 0 Å². The average Bonchev–Trinajstić information content (AvgIpc) is 2.99. The number of benzene rings is 6. The van der Waals surface area contributed by atoms with Crippen molar-refractivity contribution in [2.45, 2.75) is 0 Å². The van der Waals surface area contributed by atoms with Crippen LogP contribution in [0.1, 0.15) is 5.56 Å². The predicted octanol–water partition coefficient (Wildman–Crippen LogP) is 8.81. The maximum atomic E-state index is 9.29. The number of para-hydroxylation sites is 1. The van der Waals surface area contributed by atoms with Gasteiger partial charge in [-0.15, -0.1) is 0 Å². The largest absolute Gasteiger partial charge is 0.236 e. The Morgan fingerprint density at radius 3 is 1.95 bits per heavy atom. The van der Waals surface area contributed by atoms with Gasteiger partial charge in [0.05, 0.1) is 17.1 Å². The summed E-state index contributed by atoms with van der Waals surface area (Å²) in [4.78, 5) is 9.60. The standard InChI is InChI=1S/C35H21N3/c36-21-23-12-14-25(15-13-23)32-18-26-6-1-2-7-27(26)19-33(32)28-17-16-24-9-5-10-30(31(24)20-28)35-37-22-29-8-3-4-11-34(29)38-35/h1-20,22H. The Labute approximate surface area is 220 Å². The van der Waals surface area contributed by atoms with Crippen LogP contribution in [0.15, 0.2) is 128 Å². The third-order valence-corrected chi connectivity index (χ3v) is 7.13. The number of hydrogen-bond acceptors (Lipinski definition) is 3. The molecule has 0 aliphatic carbocycles. The molecule has 3 heteroatoms. The second-order valence-corrected chi connectivity index (χ2v) is 9.43.